The van der Waals surface area contributed by atoms with Gasteiger partial charge in [0.15, 0.2) is 0 Å². The van der Waals surface area contributed by atoms with Crippen molar-refractivity contribution in [2.24, 2.45) is 40.4 Å². The summed E-state index contributed by atoms with van der Waals surface area (Å²) in [6, 6.07) is 0. The molecule has 0 saturated heterocycles. The molecule has 2 aliphatic rings. The standard InChI is InChI=1S/C27H48O5/c1-18(2)10-9-11-19(3)21-16-23(32-17-30-8)24-20(22(28)12-14-27(21,24)7)13-15-31-25(29)26(4,5)6/h18-21,23-24H,9-17H2,1-8H3/t19-,20-,21-,23+,24-,27-/m1/s1. The molecule has 2 saturated carbocycles. The van der Waals surface area contributed by atoms with E-state index >= 15 is 0 Å². The van der Waals surface area contributed by atoms with Crippen LogP contribution in [0.5, 0.6) is 0 Å². The second kappa shape index (κ2) is 11.5. The second-order valence-corrected chi connectivity index (χ2v) is 12.0. The quantitative estimate of drug-likeness (QED) is 0.282. The summed E-state index contributed by atoms with van der Waals surface area (Å²) in [7, 11) is 1.65. The summed E-state index contributed by atoms with van der Waals surface area (Å²) in [5, 5.41) is 0. The topological polar surface area (TPSA) is 61.8 Å². The van der Waals surface area contributed by atoms with Gasteiger partial charge in [0.2, 0.25) is 0 Å². The van der Waals surface area contributed by atoms with Gasteiger partial charge in [0.1, 0.15) is 12.6 Å². The zero-order valence-electron chi connectivity index (χ0n) is 21.9. The molecular weight excluding hydrogens is 404 g/mol. The molecule has 2 aliphatic carbocycles. The van der Waals surface area contributed by atoms with Gasteiger partial charge in [-0.05, 0) is 63.2 Å². The monoisotopic (exact) mass is 452 g/mol. The Hall–Kier alpha value is -0.940. The van der Waals surface area contributed by atoms with Crippen molar-refractivity contribution in [3.63, 3.8) is 0 Å². The van der Waals surface area contributed by atoms with Crippen LogP contribution in [0.15, 0.2) is 0 Å². The Morgan fingerprint density at radius 2 is 1.88 bits per heavy atom. The third-order valence-corrected chi connectivity index (χ3v) is 8.05. The molecule has 32 heavy (non-hydrogen) atoms. The summed E-state index contributed by atoms with van der Waals surface area (Å²) >= 11 is 0. The van der Waals surface area contributed by atoms with Gasteiger partial charge in [0.05, 0.1) is 18.1 Å². The van der Waals surface area contributed by atoms with E-state index in [0.29, 0.717) is 37.1 Å². The van der Waals surface area contributed by atoms with E-state index in [-0.39, 0.29) is 36.1 Å². The van der Waals surface area contributed by atoms with E-state index in [0.717, 1.165) is 18.8 Å². The molecule has 0 aromatic rings. The highest BCUT2D eigenvalue weighted by molar-refractivity contribution is 5.82. The van der Waals surface area contributed by atoms with Crippen molar-refractivity contribution in [2.75, 3.05) is 20.5 Å². The number of rotatable bonds is 11. The Morgan fingerprint density at radius 1 is 1.19 bits per heavy atom. The average molecular weight is 453 g/mol. The lowest BCUT2D eigenvalue weighted by Crippen LogP contribution is -2.46. The fraction of sp³-hybridized carbons (Fsp3) is 0.926. The fourth-order valence-electron chi connectivity index (χ4n) is 6.28. The van der Waals surface area contributed by atoms with Crippen molar-refractivity contribution in [1.29, 1.82) is 0 Å². The minimum absolute atomic E-state index is 0.0186. The summed E-state index contributed by atoms with van der Waals surface area (Å²) in [5.74, 6) is 2.01. The minimum Gasteiger partial charge on any atom is -0.465 e. The van der Waals surface area contributed by atoms with Crippen molar-refractivity contribution in [1.82, 2.24) is 0 Å². The van der Waals surface area contributed by atoms with Crippen molar-refractivity contribution >= 4 is 11.8 Å². The average Bonchev–Trinajstić information content (AvgIpc) is 3.00. The molecule has 2 rings (SSSR count). The van der Waals surface area contributed by atoms with Gasteiger partial charge in [-0.1, -0.05) is 47.0 Å². The molecule has 0 radical (unpaired) electrons. The third-order valence-electron chi connectivity index (χ3n) is 8.05. The van der Waals surface area contributed by atoms with Crippen LogP contribution >= 0.6 is 0 Å². The highest BCUT2D eigenvalue weighted by atomic mass is 16.7. The van der Waals surface area contributed by atoms with Crippen molar-refractivity contribution < 1.29 is 23.8 Å². The maximum atomic E-state index is 13.1. The molecule has 0 aromatic heterocycles. The van der Waals surface area contributed by atoms with Crippen LogP contribution in [0, 0.1) is 40.4 Å². The van der Waals surface area contributed by atoms with Gasteiger partial charge in [-0.25, -0.2) is 0 Å². The van der Waals surface area contributed by atoms with Crippen LogP contribution in [0.1, 0.15) is 93.4 Å². The predicted molar refractivity (Wildman–Crippen MR) is 127 cm³/mol. The lowest BCUT2D eigenvalue weighted by Gasteiger charge is -2.46. The Bertz CT molecular complexity index is 622. The number of ketones is 1. The van der Waals surface area contributed by atoms with Crippen LogP contribution in [0.25, 0.3) is 0 Å². The van der Waals surface area contributed by atoms with Crippen LogP contribution in [0.2, 0.25) is 0 Å². The Labute approximate surface area is 196 Å². The number of carbonyl (C=O) groups excluding carboxylic acids is 2. The SMILES string of the molecule is COCO[C@H]1C[C@H]([C@H](C)CCCC(C)C)[C@@]2(C)CCC(=O)[C@@H](CCOC(=O)C(C)(C)C)[C@H]12. The Balaban J connectivity index is 2.16. The molecule has 5 nitrogen and oxygen atoms in total. The highest BCUT2D eigenvalue weighted by Gasteiger charge is 2.59. The van der Waals surface area contributed by atoms with Gasteiger partial charge in [0, 0.05) is 25.4 Å². The first-order valence-electron chi connectivity index (χ1n) is 12.7. The molecular formula is C27H48O5. The van der Waals surface area contributed by atoms with Gasteiger partial charge < -0.3 is 14.2 Å². The Morgan fingerprint density at radius 3 is 2.47 bits per heavy atom. The number of methoxy groups -OCH3 is 1. The number of fused-ring (bicyclic) bond motifs is 1. The zero-order chi connectivity index (χ0) is 24.1. The Kier molecular flexibility index (Phi) is 9.78. The first-order valence-corrected chi connectivity index (χ1v) is 12.7. The molecule has 0 spiro atoms. The molecule has 5 heteroatoms. The van der Waals surface area contributed by atoms with Gasteiger partial charge in [0.25, 0.3) is 0 Å². The van der Waals surface area contributed by atoms with Crippen molar-refractivity contribution in [3.8, 4) is 0 Å². The molecule has 0 N–H and O–H groups in total. The molecule has 0 bridgehead atoms. The first-order chi connectivity index (χ1) is 14.9. The van der Waals surface area contributed by atoms with Crippen LogP contribution in [-0.4, -0.2) is 38.4 Å². The van der Waals surface area contributed by atoms with Gasteiger partial charge in [-0.2, -0.15) is 0 Å². The van der Waals surface area contributed by atoms with Gasteiger partial charge in [-0.3, -0.25) is 9.59 Å². The summed E-state index contributed by atoms with van der Waals surface area (Å²) in [5.41, 5.74) is -0.457. The fourth-order valence-corrected chi connectivity index (χ4v) is 6.28. The molecule has 2 fully saturated rings. The summed E-state index contributed by atoms with van der Waals surface area (Å²) < 4.78 is 17.0. The number of hydrogen-bond donors (Lipinski definition) is 0. The minimum atomic E-state index is -0.529. The summed E-state index contributed by atoms with van der Waals surface area (Å²) in [4.78, 5) is 25.3. The lowest BCUT2D eigenvalue weighted by atomic mass is 9.58. The van der Waals surface area contributed by atoms with Gasteiger partial charge >= 0.3 is 5.97 Å². The van der Waals surface area contributed by atoms with Crippen molar-refractivity contribution in [3.05, 3.63) is 0 Å². The number of carbonyl (C=O) groups is 2. The first kappa shape index (κ1) is 27.3. The predicted octanol–water partition coefficient (Wildman–Crippen LogP) is 6.04. The number of hydrogen-bond acceptors (Lipinski definition) is 5. The molecule has 0 amide bonds. The second-order valence-electron chi connectivity index (χ2n) is 12.0. The third kappa shape index (κ3) is 6.56. The molecule has 0 aliphatic heterocycles. The maximum absolute atomic E-state index is 13.1. The van der Waals surface area contributed by atoms with Crippen LogP contribution in [0.4, 0.5) is 0 Å². The largest absolute Gasteiger partial charge is 0.465 e. The van der Waals surface area contributed by atoms with Crippen molar-refractivity contribution in [2.45, 2.75) is 99.5 Å². The van der Waals surface area contributed by atoms with E-state index in [4.69, 9.17) is 14.2 Å². The summed E-state index contributed by atoms with van der Waals surface area (Å²) in [6.45, 7) is 15.5. The summed E-state index contributed by atoms with van der Waals surface area (Å²) in [6.07, 6.45) is 6.89. The van der Waals surface area contributed by atoms with Crippen LogP contribution < -0.4 is 0 Å². The van der Waals surface area contributed by atoms with E-state index in [1.165, 1.54) is 19.3 Å². The van der Waals surface area contributed by atoms with E-state index < -0.39 is 5.41 Å². The molecule has 186 valence electrons. The molecule has 0 unspecified atom stereocenters. The smallest absolute Gasteiger partial charge is 0.311 e. The van der Waals surface area contributed by atoms with E-state index in [2.05, 4.69) is 27.7 Å². The number of Topliss-reactive ketones (excluding diaryl/α,β-unsaturated/α-hetero) is 1. The number of esters is 1. The molecule has 6 atom stereocenters. The normalized spacial score (nSPS) is 31.6. The van der Waals surface area contributed by atoms with E-state index in [1.807, 2.05) is 20.8 Å². The lowest BCUT2D eigenvalue weighted by molar-refractivity contribution is -0.156. The maximum Gasteiger partial charge on any atom is 0.311 e. The van der Waals surface area contributed by atoms with E-state index in [9.17, 15) is 9.59 Å². The van der Waals surface area contributed by atoms with Gasteiger partial charge in [-0.15, -0.1) is 0 Å². The number of ether oxygens (including phenoxy) is 3. The molecule has 0 heterocycles. The molecule has 0 aromatic carbocycles. The van der Waals surface area contributed by atoms with E-state index in [1.54, 1.807) is 7.11 Å². The highest BCUT2D eigenvalue weighted by Crippen LogP contribution is 2.60. The van der Waals surface area contributed by atoms with Crippen LogP contribution in [-0.2, 0) is 23.8 Å². The van der Waals surface area contributed by atoms with Crippen LogP contribution in [0.3, 0.4) is 0 Å². The zero-order valence-corrected chi connectivity index (χ0v) is 21.9.